The second kappa shape index (κ2) is 4.69. The van der Waals surface area contributed by atoms with Crippen molar-refractivity contribution >= 4 is 12.0 Å². The fourth-order valence-electron chi connectivity index (χ4n) is 1.31. The van der Waals surface area contributed by atoms with Crippen molar-refractivity contribution in [2.24, 2.45) is 0 Å². The van der Waals surface area contributed by atoms with E-state index in [0.717, 1.165) is 13.0 Å². The highest BCUT2D eigenvalue weighted by molar-refractivity contribution is 5.78. The van der Waals surface area contributed by atoms with E-state index in [4.69, 9.17) is 0 Å². The SMILES string of the molecule is COC(=O)NCCN1CCCC1=O. The molecule has 74 valence electrons. The molecule has 1 rings (SSSR count). The predicted octanol–water partition coefficient (Wildman–Crippen LogP) is -0.0352. The van der Waals surface area contributed by atoms with Gasteiger partial charge in [0.25, 0.3) is 0 Å². The predicted molar refractivity (Wildman–Crippen MR) is 46.2 cm³/mol. The highest BCUT2D eigenvalue weighted by atomic mass is 16.5. The summed E-state index contributed by atoms with van der Waals surface area (Å²) in [6.07, 6.45) is 1.11. The number of hydrogen-bond donors (Lipinski definition) is 1. The Bertz CT molecular complexity index is 206. The Labute approximate surface area is 77.0 Å². The summed E-state index contributed by atoms with van der Waals surface area (Å²) in [6, 6.07) is 0. The molecule has 0 aromatic rings. The molecule has 1 fully saturated rings. The lowest BCUT2D eigenvalue weighted by Crippen LogP contribution is -2.35. The zero-order valence-electron chi connectivity index (χ0n) is 7.71. The van der Waals surface area contributed by atoms with Gasteiger partial charge in [0.1, 0.15) is 0 Å². The van der Waals surface area contributed by atoms with E-state index < -0.39 is 6.09 Å². The average Bonchev–Trinajstić information content (AvgIpc) is 2.52. The smallest absolute Gasteiger partial charge is 0.406 e. The molecule has 1 saturated heterocycles. The van der Waals surface area contributed by atoms with Crippen LogP contribution in [-0.2, 0) is 9.53 Å². The number of carbonyl (C=O) groups excluding carboxylic acids is 2. The maximum Gasteiger partial charge on any atom is 0.406 e. The monoisotopic (exact) mass is 186 g/mol. The van der Waals surface area contributed by atoms with Gasteiger partial charge in [0.05, 0.1) is 7.11 Å². The molecule has 0 bridgehead atoms. The van der Waals surface area contributed by atoms with Crippen LogP contribution in [0.15, 0.2) is 0 Å². The van der Waals surface area contributed by atoms with Gasteiger partial charge in [-0.15, -0.1) is 0 Å². The molecule has 0 radical (unpaired) electrons. The van der Waals surface area contributed by atoms with Crippen molar-refractivity contribution in [3.8, 4) is 0 Å². The first-order chi connectivity index (χ1) is 6.24. The molecular formula is C8H14N2O3. The molecule has 5 heteroatoms. The number of rotatable bonds is 3. The first-order valence-corrected chi connectivity index (χ1v) is 4.33. The van der Waals surface area contributed by atoms with Crippen molar-refractivity contribution in [3.63, 3.8) is 0 Å². The van der Waals surface area contributed by atoms with Gasteiger partial charge in [0.15, 0.2) is 0 Å². The molecule has 1 aliphatic heterocycles. The minimum Gasteiger partial charge on any atom is -0.453 e. The van der Waals surface area contributed by atoms with Gasteiger partial charge in [-0.1, -0.05) is 0 Å². The van der Waals surface area contributed by atoms with Crippen LogP contribution >= 0.6 is 0 Å². The molecule has 13 heavy (non-hydrogen) atoms. The molecule has 0 aromatic heterocycles. The molecular weight excluding hydrogens is 172 g/mol. The summed E-state index contributed by atoms with van der Waals surface area (Å²) in [4.78, 5) is 23.5. The summed E-state index contributed by atoms with van der Waals surface area (Å²) < 4.78 is 4.39. The van der Waals surface area contributed by atoms with E-state index in [9.17, 15) is 9.59 Å². The van der Waals surface area contributed by atoms with Gasteiger partial charge in [-0.25, -0.2) is 4.79 Å². The second-order valence-electron chi connectivity index (χ2n) is 2.90. The third kappa shape index (κ3) is 2.93. The normalized spacial score (nSPS) is 16.1. The number of ether oxygens (including phenoxy) is 1. The van der Waals surface area contributed by atoms with Crippen molar-refractivity contribution in [1.82, 2.24) is 10.2 Å². The van der Waals surface area contributed by atoms with Gasteiger partial charge in [-0.2, -0.15) is 0 Å². The highest BCUT2D eigenvalue weighted by Gasteiger charge is 2.19. The fraction of sp³-hybridized carbons (Fsp3) is 0.750. The van der Waals surface area contributed by atoms with Crippen LogP contribution in [0.4, 0.5) is 4.79 Å². The molecule has 1 heterocycles. The van der Waals surface area contributed by atoms with E-state index in [2.05, 4.69) is 10.1 Å². The number of likely N-dealkylation sites (tertiary alicyclic amines) is 1. The zero-order chi connectivity index (χ0) is 9.68. The van der Waals surface area contributed by atoms with Crippen LogP contribution in [0.5, 0.6) is 0 Å². The zero-order valence-corrected chi connectivity index (χ0v) is 7.71. The Hall–Kier alpha value is -1.26. The van der Waals surface area contributed by atoms with Gasteiger partial charge < -0.3 is 15.0 Å². The van der Waals surface area contributed by atoms with Crippen LogP contribution in [-0.4, -0.2) is 43.6 Å². The largest absolute Gasteiger partial charge is 0.453 e. The Kier molecular flexibility index (Phi) is 3.54. The van der Waals surface area contributed by atoms with Crippen LogP contribution in [0.3, 0.4) is 0 Å². The molecule has 1 N–H and O–H groups in total. The molecule has 0 aliphatic carbocycles. The first kappa shape index (κ1) is 9.83. The summed E-state index contributed by atoms with van der Waals surface area (Å²) in [6.45, 7) is 1.84. The van der Waals surface area contributed by atoms with Crippen molar-refractivity contribution in [2.45, 2.75) is 12.8 Å². The quantitative estimate of drug-likeness (QED) is 0.673. The van der Waals surface area contributed by atoms with Gasteiger partial charge >= 0.3 is 6.09 Å². The third-order valence-corrected chi connectivity index (χ3v) is 2.01. The summed E-state index contributed by atoms with van der Waals surface area (Å²) in [7, 11) is 1.32. The molecule has 2 amide bonds. The molecule has 0 spiro atoms. The van der Waals surface area contributed by atoms with Gasteiger partial charge in [-0.3, -0.25) is 4.79 Å². The maximum absolute atomic E-state index is 11.1. The molecule has 0 aromatic carbocycles. The molecule has 1 aliphatic rings. The van der Waals surface area contributed by atoms with Crippen molar-refractivity contribution in [1.29, 1.82) is 0 Å². The minimum atomic E-state index is -0.452. The molecule has 0 saturated carbocycles. The summed E-state index contributed by atoms with van der Waals surface area (Å²) in [5.41, 5.74) is 0. The van der Waals surface area contributed by atoms with E-state index >= 15 is 0 Å². The Balaban J connectivity index is 2.12. The summed E-state index contributed by atoms with van der Waals surface area (Å²) in [5, 5.41) is 2.52. The number of carbonyl (C=O) groups is 2. The molecule has 0 unspecified atom stereocenters. The van der Waals surface area contributed by atoms with Crippen LogP contribution in [0, 0.1) is 0 Å². The van der Waals surface area contributed by atoms with Gasteiger partial charge in [0.2, 0.25) is 5.91 Å². The van der Waals surface area contributed by atoms with E-state index in [1.807, 2.05) is 0 Å². The fourth-order valence-corrected chi connectivity index (χ4v) is 1.31. The number of alkyl carbamates (subject to hydrolysis) is 1. The lowest BCUT2D eigenvalue weighted by molar-refractivity contribution is -0.127. The van der Waals surface area contributed by atoms with Crippen molar-refractivity contribution in [3.05, 3.63) is 0 Å². The van der Waals surface area contributed by atoms with E-state index in [1.165, 1.54) is 7.11 Å². The Morgan fingerprint density at radius 2 is 2.46 bits per heavy atom. The lowest BCUT2D eigenvalue weighted by Gasteiger charge is -2.14. The number of nitrogens with one attached hydrogen (secondary N) is 1. The second-order valence-corrected chi connectivity index (χ2v) is 2.90. The number of methoxy groups -OCH3 is 1. The van der Waals surface area contributed by atoms with Gasteiger partial charge in [0, 0.05) is 26.1 Å². The van der Waals surface area contributed by atoms with Crippen LogP contribution in [0.1, 0.15) is 12.8 Å². The van der Waals surface area contributed by atoms with E-state index in [-0.39, 0.29) is 5.91 Å². The lowest BCUT2D eigenvalue weighted by atomic mass is 10.4. The summed E-state index contributed by atoms with van der Waals surface area (Å²) >= 11 is 0. The number of nitrogens with zero attached hydrogens (tertiary/aromatic N) is 1. The van der Waals surface area contributed by atoms with Crippen LogP contribution in [0.2, 0.25) is 0 Å². The molecule has 0 atom stereocenters. The van der Waals surface area contributed by atoms with Crippen LogP contribution < -0.4 is 5.32 Å². The third-order valence-electron chi connectivity index (χ3n) is 2.01. The topological polar surface area (TPSA) is 58.6 Å². The maximum atomic E-state index is 11.1. The highest BCUT2D eigenvalue weighted by Crippen LogP contribution is 2.07. The molecule has 5 nitrogen and oxygen atoms in total. The Morgan fingerprint density at radius 1 is 1.69 bits per heavy atom. The van der Waals surface area contributed by atoms with Crippen molar-refractivity contribution in [2.75, 3.05) is 26.7 Å². The Morgan fingerprint density at radius 3 is 3.00 bits per heavy atom. The number of amides is 2. The van der Waals surface area contributed by atoms with E-state index in [1.54, 1.807) is 4.90 Å². The minimum absolute atomic E-state index is 0.173. The van der Waals surface area contributed by atoms with Gasteiger partial charge in [-0.05, 0) is 6.42 Å². The van der Waals surface area contributed by atoms with Crippen LogP contribution in [0.25, 0.3) is 0 Å². The van der Waals surface area contributed by atoms with E-state index in [0.29, 0.717) is 19.5 Å². The number of hydrogen-bond acceptors (Lipinski definition) is 3. The standard InChI is InChI=1S/C8H14N2O3/c1-13-8(12)9-4-6-10-5-2-3-7(10)11/h2-6H2,1H3,(H,9,12). The average molecular weight is 186 g/mol. The summed E-state index contributed by atoms with van der Waals surface area (Å²) in [5.74, 6) is 0.173. The first-order valence-electron chi connectivity index (χ1n) is 4.33. The van der Waals surface area contributed by atoms with Crippen molar-refractivity contribution < 1.29 is 14.3 Å².